The summed E-state index contributed by atoms with van der Waals surface area (Å²) in [6.45, 7) is 3.31. The van der Waals surface area contributed by atoms with Crippen LogP contribution >= 0.6 is 11.3 Å². The highest BCUT2D eigenvalue weighted by molar-refractivity contribution is 7.16. The van der Waals surface area contributed by atoms with Crippen LogP contribution in [0.15, 0.2) is 12.1 Å². The van der Waals surface area contributed by atoms with E-state index in [0.29, 0.717) is 17.4 Å². The van der Waals surface area contributed by atoms with E-state index in [2.05, 4.69) is 28.2 Å². The van der Waals surface area contributed by atoms with E-state index in [0.717, 1.165) is 45.8 Å². The molecule has 4 N–H and O–H groups in total. The van der Waals surface area contributed by atoms with Crippen molar-refractivity contribution in [2.45, 2.75) is 50.8 Å². The van der Waals surface area contributed by atoms with E-state index in [4.69, 9.17) is 5.73 Å². The zero-order valence-corrected chi connectivity index (χ0v) is 15.6. The Morgan fingerprint density at radius 1 is 1.38 bits per heavy atom. The Bertz CT molecular complexity index is 984. The number of nitrogen functional groups attached to an aromatic ring is 1. The Hall–Kier alpha value is -2.38. The number of pyridine rings is 1. The van der Waals surface area contributed by atoms with Gasteiger partial charge in [-0.3, -0.25) is 0 Å². The van der Waals surface area contributed by atoms with Crippen LogP contribution < -0.4 is 11.1 Å². The predicted octanol–water partition coefficient (Wildman–Crippen LogP) is 2.74. The number of aromatic nitrogens is 1. The number of nitrogens with two attached hydrogens (primary N) is 1. The summed E-state index contributed by atoms with van der Waals surface area (Å²) in [5, 5.41) is 23.1. The van der Waals surface area contributed by atoms with Crippen molar-refractivity contribution >= 4 is 17.2 Å². The van der Waals surface area contributed by atoms with Crippen LogP contribution in [-0.4, -0.2) is 21.7 Å². The first-order valence-corrected chi connectivity index (χ1v) is 9.51. The van der Waals surface area contributed by atoms with Crippen LogP contribution in [0.5, 0.6) is 0 Å². The summed E-state index contributed by atoms with van der Waals surface area (Å²) < 4.78 is 0. The smallest absolute Gasteiger partial charge is 0.142 e. The minimum absolute atomic E-state index is 0.229. The van der Waals surface area contributed by atoms with Crippen molar-refractivity contribution in [3.63, 3.8) is 0 Å². The van der Waals surface area contributed by atoms with Crippen LogP contribution in [0.1, 0.15) is 54.4 Å². The molecule has 1 saturated heterocycles. The SMILES string of the molecule is CC(C)(O)C#Cc1ccc(-c2c(C#N)c(N)nc3c2[C@H]2CC[C@@H](C3)N2)s1. The van der Waals surface area contributed by atoms with E-state index in [1.807, 2.05) is 12.1 Å². The molecule has 0 aliphatic carbocycles. The summed E-state index contributed by atoms with van der Waals surface area (Å²) in [5.74, 6) is 6.15. The number of nitrogens with zero attached hydrogens (tertiary/aromatic N) is 2. The van der Waals surface area contributed by atoms with Gasteiger partial charge in [-0.1, -0.05) is 11.8 Å². The fourth-order valence-electron chi connectivity index (χ4n) is 3.76. The second-order valence-corrected chi connectivity index (χ2v) is 8.47. The maximum atomic E-state index is 9.81. The van der Waals surface area contributed by atoms with Gasteiger partial charge in [-0.25, -0.2) is 4.98 Å². The predicted molar refractivity (Wildman–Crippen MR) is 102 cm³/mol. The molecule has 0 radical (unpaired) electrons. The standard InChI is InChI=1S/C20H20N4OS/c1-20(2,25)8-7-12-4-6-16(26-12)17-13(10-21)19(22)24-15-9-11-3-5-14(23-11)18(15)17/h4,6,11,14,23,25H,3,5,9H2,1-2H3,(H2,22,24)/t11-,14+/m0/s1. The Balaban J connectivity index is 1.87. The zero-order valence-electron chi connectivity index (χ0n) is 14.8. The van der Waals surface area contributed by atoms with E-state index in [9.17, 15) is 10.4 Å². The summed E-state index contributed by atoms with van der Waals surface area (Å²) in [6, 6.07) is 6.84. The van der Waals surface area contributed by atoms with E-state index in [1.54, 1.807) is 13.8 Å². The lowest BCUT2D eigenvalue weighted by Crippen LogP contribution is -2.33. The number of fused-ring (bicyclic) bond motifs is 4. The molecule has 4 heterocycles. The second-order valence-electron chi connectivity index (χ2n) is 7.39. The van der Waals surface area contributed by atoms with Gasteiger partial charge in [0, 0.05) is 40.2 Å². The van der Waals surface area contributed by atoms with Crippen molar-refractivity contribution in [2.75, 3.05) is 5.73 Å². The third kappa shape index (κ3) is 2.97. The van der Waals surface area contributed by atoms with E-state index >= 15 is 0 Å². The Labute approximate surface area is 156 Å². The molecule has 2 atom stereocenters. The van der Waals surface area contributed by atoms with Crippen molar-refractivity contribution in [2.24, 2.45) is 0 Å². The lowest BCUT2D eigenvalue weighted by Gasteiger charge is -2.27. The zero-order chi connectivity index (χ0) is 18.5. The minimum atomic E-state index is -1.04. The fraction of sp³-hybridized carbons (Fsp3) is 0.400. The molecular formula is C20H20N4OS. The quantitative estimate of drug-likeness (QED) is 0.676. The molecule has 2 aliphatic rings. The molecule has 6 heteroatoms. The number of hydrogen-bond donors (Lipinski definition) is 3. The van der Waals surface area contributed by atoms with Gasteiger partial charge >= 0.3 is 0 Å². The molecule has 2 aromatic rings. The normalized spacial score (nSPS) is 20.8. The molecule has 4 rings (SSSR count). The molecule has 26 heavy (non-hydrogen) atoms. The summed E-state index contributed by atoms with van der Waals surface area (Å²) in [7, 11) is 0. The van der Waals surface area contributed by atoms with Crippen molar-refractivity contribution in [1.82, 2.24) is 10.3 Å². The van der Waals surface area contributed by atoms with Gasteiger partial charge in [0.1, 0.15) is 23.1 Å². The third-order valence-corrected chi connectivity index (χ3v) is 5.84. The molecule has 0 unspecified atom stereocenters. The van der Waals surface area contributed by atoms with Gasteiger partial charge in [-0.05, 0) is 38.8 Å². The van der Waals surface area contributed by atoms with Crippen molar-refractivity contribution in [1.29, 1.82) is 5.26 Å². The molecule has 0 amide bonds. The van der Waals surface area contributed by atoms with Crippen LogP contribution in [0.2, 0.25) is 0 Å². The van der Waals surface area contributed by atoms with Crippen molar-refractivity contribution in [3.05, 3.63) is 33.8 Å². The number of nitriles is 1. The lowest BCUT2D eigenvalue weighted by atomic mass is 9.91. The summed E-state index contributed by atoms with van der Waals surface area (Å²) in [5.41, 5.74) is 8.55. The van der Waals surface area contributed by atoms with Gasteiger partial charge in [-0.2, -0.15) is 5.26 Å². The van der Waals surface area contributed by atoms with Gasteiger partial charge in [-0.15, -0.1) is 11.3 Å². The average Bonchev–Trinajstić information content (AvgIpc) is 3.18. The van der Waals surface area contributed by atoms with E-state index in [-0.39, 0.29) is 6.04 Å². The van der Waals surface area contributed by atoms with Crippen molar-refractivity contribution < 1.29 is 5.11 Å². The molecule has 2 aromatic heterocycles. The van der Waals surface area contributed by atoms with Gasteiger partial charge < -0.3 is 16.2 Å². The number of aliphatic hydroxyl groups is 1. The van der Waals surface area contributed by atoms with Gasteiger partial charge in [0.05, 0.1) is 4.88 Å². The monoisotopic (exact) mass is 364 g/mol. The maximum Gasteiger partial charge on any atom is 0.142 e. The summed E-state index contributed by atoms with van der Waals surface area (Å²) in [4.78, 5) is 6.37. The minimum Gasteiger partial charge on any atom is -0.383 e. The first-order chi connectivity index (χ1) is 12.4. The van der Waals surface area contributed by atoms with Crippen LogP contribution in [0.4, 0.5) is 5.82 Å². The molecule has 0 aromatic carbocycles. The fourth-order valence-corrected chi connectivity index (χ4v) is 4.69. The first kappa shape index (κ1) is 17.1. The lowest BCUT2D eigenvalue weighted by molar-refractivity contribution is 0.143. The molecule has 1 fully saturated rings. The highest BCUT2D eigenvalue weighted by Gasteiger charge is 2.36. The van der Waals surface area contributed by atoms with Gasteiger partial charge in [0.15, 0.2) is 0 Å². The van der Waals surface area contributed by atoms with Crippen LogP contribution in [0.25, 0.3) is 10.4 Å². The van der Waals surface area contributed by atoms with Crippen LogP contribution in [0, 0.1) is 23.2 Å². The van der Waals surface area contributed by atoms with Crippen LogP contribution in [0.3, 0.4) is 0 Å². The highest BCUT2D eigenvalue weighted by Crippen LogP contribution is 2.44. The molecular weight excluding hydrogens is 344 g/mol. The Morgan fingerprint density at radius 2 is 2.19 bits per heavy atom. The molecule has 2 bridgehead atoms. The van der Waals surface area contributed by atoms with Gasteiger partial charge in [0.25, 0.3) is 0 Å². The number of thiophene rings is 1. The second kappa shape index (κ2) is 6.10. The number of nitrogens with one attached hydrogen (secondary N) is 1. The number of rotatable bonds is 1. The average molecular weight is 364 g/mol. The summed E-state index contributed by atoms with van der Waals surface area (Å²) >= 11 is 1.52. The first-order valence-electron chi connectivity index (χ1n) is 8.70. The highest BCUT2D eigenvalue weighted by atomic mass is 32.1. The van der Waals surface area contributed by atoms with E-state index in [1.165, 1.54) is 11.3 Å². The maximum absolute atomic E-state index is 9.81. The van der Waals surface area contributed by atoms with E-state index < -0.39 is 5.60 Å². The molecule has 5 nitrogen and oxygen atoms in total. The Morgan fingerprint density at radius 3 is 2.92 bits per heavy atom. The Kier molecular flexibility index (Phi) is 4.00. The van der Waals surface area contributed by atoms with Crippen LogP contribution in [-0.2, 0) is 6.42 Å². The van der Waals surface area contributed by atoms with Gasteiger partial charge in [0.2, 0.25) is 0 Å². The third-order valence-electron chi connectivity index (χ3n) is 4.83. The molecule has 0 spiro atoms. The topological polar surface area (TPSA) is 95.0 Å². The molecule has 2 aliphatic heterocycles. The van der Waals surface area contributed by atoms with Crippen molar-refractivity contribution in [3.8, 4) is 28.4 Å². The molecule has 132 valence electrons. The number of anilines is 1. The summed E-state index contributed by atoms with van der Waals surface area (Å²) in [6.07, 6.45) is 3.03. The largest absolute Gasteiger partial charge is 0.383 e. The molecule has 0 saturated carbocycles. The number of hydrogen-bond acceptors (Lipinski definition) is 6.